The number of aromatic amines is 2. The minimum absolute atomic E-state index is 0.105. The van der Waals surface area contributed by atoms with E-state index in [1.165, 1.54) is 12.5 Å². The maximum absolute atomic E-state index is 11.0. The van der Waals surface area contributed by atoms with E-state index in [-0.39, 0.29) is 10.9 Å². The minimum atomic E-state index is -0.424. The number of hydrogen-bond acceptors (Lipinski definition) is 4. The van der Waals surface area contributed by atoms with Gasteiger partial charge in [0.2, 0.25) is 0 Å². The predicted molar refractivity (Wildman–Crippen MR) is 40.8 cm³/mol. The first-order valence-electron chi connectivity index (χ1n) is 3.20. The number of rotatable bonds is 0. The summed E-state index contributed by atoms with van der Waals surface area (Å²) in [4.78, 5) is 29.3. The van der Waals surface area contributed by atoms with E-state index in [1.54, 1.807) is 0 Å². The van der Waals surface area contributed by atoms with Gasteiger partial charge in [0.05, 0.1) is 5.39 Å². The van der Waals surface area contributed by atoms with E-state index in [0.29, 0.717) is 0 Å². The monoisotopic (exact) mass is 164 g/mol. The molecule has 0 aliphatic heterocycles. The molecule has 2 rings (SSSR count). The lowest BCUT2D eigenvalue weighted by Crippen LogP contribution is -2.19. The van der Waals surface area contributed by atoms with Crippen LogP contribution in [0.1, 0.15) is 0 Å². The molecular weight excluding hydrogens is 160 g/mol. The smallest absolute Gasteiger partial charge is 0.267 e. The summed E-state index contributed by atoms with van der Waals surface area (Å²) in [5.74, 6) is 0. The molecule has 2 aromatic heterocycles. The largest absolute Gasteiger partial charge is 0.289 e. The van der Waals surface area contributed by atoms with Crippen molar-refractivity contribution in [3.05, 3.63) is 33.2 Å². The third kappa shape index (κ3) is 0.815. The molecule has 0 aromatic carbocycles. The van der Waals surface area contributed by atoms with Crippen molar-refractivity contribution in [2.45, 2.75) is 0 Å². The summed E-state index contributed by atoms with van der Waals surface area (Å²) >= 11 is 0. The van der Waals surface area contributed by atoms with Gasteiger partial charge in [0, 0.05) is 6.20 Å². The van der Waals surface area contributed by atoms with Gasteiger partial charge in [0.25, 0.3) is 11.1 Å². The van der Waals surface area contributed by atoms with Crippen molar-refractivity contribution < 1.29 is 0 Å². The van der Waals surface area contributed by atoms with Gasteiger partial charge in [-0.05, 0) is 0 Å². The van der Waals surface area contributed by atoms with Crippen LogP contribution in [-0.4, -0.2) is 20.2 Å². The fourth-order valence-electron chi connectivity index (χ4n) is 0.917. The second kappa shape index (κ2) is 2.26. The molecule has 0 amide bonds. The van der Waals surface area contributed by atoms with E-state index >= 15 is 0 Å². The molecule has 0 spiro atoms. The van der Waals surface area contributed by atoms with Crippen molar-refractivity contribution in [2.75, 3.05) is 0 Å². The van der Waals surface area contributed by atoms with Crippen molar-refractivity contribution in [1.29, 1.82) is 0 Å². The van der Waals surface area contributed by atoms with Crippen LogP contribution >= 0.6 is 0 Å². The zero-order chi connectivity index (χ0) is 8.55. The van der Waals surface area contributed by atoms with Crippen LogP contribution in [0.3, 0.4) is 0 Å². The molecule has 2 heterocycles. The highest BCUT2D eigenvalue weighted by molar-refractivity contribution is 5.74. The quantitative estimate of drug-likeness (QED) is 0.522. The lowest BCUT2D eigenvalue weighted by molar-refractivity contribution is 0.964. The molecule has 60 valence electrons. The summed E-state index contributed by atoms with van der Waals surface area (Å²) in [6.45, 7) is 0. The Morgan fingerprint density at radius 1 is 1.17 bits per heavy atom. The number of H-pyrrole nitrogens is 2. The van der Waals surface area contributed by atoms with Gasteiger partial charge in [-0.15, -0.1) is 0 Å². The lowest BCUT2D eigenvalue weighted by atomic mass is 10.3. The second-order valence-corrected chi connectivity index (χ2v) is 2.19. The zero-order valence-corrected chi connectivity index (χ0v) is 5.87. The number of fused-ring (bicyclic) bond motifs is 1. The van der Waals surface area contributed by atoms with E-state index in [0.717, 1.165) is 0 Å². The average Bonchev–Trinajstić information content (AvgIpc) is 2.12. The number of nitrogens with zero attached hydrogens (tertiary/aromatic N) is 2. The highest BCUT2D eigenvalue weighted by Crippen LogP contribution is 1.93. The van der Waals surface area contributed by atoms with E-state index in [4.69, 9.17) is 0 Å². The van der Waals surface area contributed by atoms with Crippen molar-refractivity contribution in [3.63, 3.8) is 0 Å². The molecule has 0 aliphatic rings. The standard InChI is InChI=1S/C6H4N4O2/c11-5-3-1-7-2-8-4(3)6(12)10-9-5/h1-2H,(H,9,11)(H,10,12). The first-order valence-corrected chi connectivity index (χ1v) is 3.20. The summed E-state index contributed by atoms with van der Waals surface area (Å²) in [6, 6.07) is 0. The molecule has 12 heavy (non-hydrogen) atoms. The average molecular weight is 164 g/mol. The molecule has 0 radical (unpaired) electrons. The van der Waals surface area contributed by atoms with Gasteiger partial charge in [0.15, 0.2) is 0 Å². The molecule has 6 heteroatoms. The topological polar surface area (TPSA) is 91.5 Å². The highest BCUT2D eigenvalue weighted by Gasteiger charge is 2.01. The fraction of sp³-hybridized carbons (Fsp3) is 0. The Hall–Kier alpha value is -1.98. The first-order chi connectivity index (χ1) is 5.79. The molecule has 0 atom stereocenters. The van der Waals surface area contributed by atoms with Gasteiger partial charge in [-0.2, -0.15) is 0 Å². The summed E-state index contributed by atoms with van der Waals surface area (Å²) in [5, 5.41) is 4.52. The first kappa shape index (κ1) is 6.71. The Labute approximate surface area is 65.3 Å². The Balaban J connectivity index is 3.16. The molecule has 6 nitrogen and oxygen atoms in total. The van der Waals surface area contributed by atoms with Crippen LogP contribution in [-0.2, 0) is 0 Å². The predicted octanol–water partition coefficient (Wildman–Crippen LogP) is -0.994. The van der Waals surface area contributed by atoms with Crippen molar-refractivity contribution in [1.82, 2.24) is 20.2 Å². The maximum Gasteiger partial charge on any atom is 0.289 e. The molecule has 0 aliphatic carbocycles. The minimum Gasteiger partial charge on any atom is -0.267 e. The van der Waals surface area contributed by atoms with Crippen LogP contribution in [0.15, 0.2) is 22.1 Å². The Morgan fingerprint density at radius 2 is 1.92 bits per heavy atom. The lowest BCUT2D eigenvalue weighted by Gasteiger charge is -1.90. The van der Waals surface area contributed by atoms with Crippen LogP contribution in [0.5, 0.6) is 0 Å². The molecule has 0 unspecified atom stereocenters. The van der Waals surface area contributed by atoms with Crippen LogP contribution < -0.4 is 11.1 Å². The van der Waals surface area contributed by atoms with Gasteiger partial charge < -0.3 is 0 Å². The molecule has 2 N–H and O–H groups in total. The molecule has 2 aromatic rings. The molecule has 0 bridgehead atoms. The highest BCUT2D eigenvalue weighted by atomic mass is 16.1. The van der Waals surface area contributed by atoms with Gasteiger partial charge in [-0.1, -0.05) is 0 Å². The van der Waals surface area contributed by atoms with Crippen LogP contribution in [0.2, 0.25) is 0 Å². The van der Waals surface area contributed by atoms with Crippen molar-refractivity contribution in [3.8, 4) is 0 Å². The molecule has 0 saturated carbocycles. The van der Waals surface area contributed by atoms with Crippen molar-refractivity contribution >= 4 is 10.9 Å². The number of nitrogens with one attached hydrogen (secondary N) is 2. The van der Waals surface area contributed by atoms with Gasteiger partial charge in [-0.3, -0.25) is 19.8 Å². The van der Waals surface area contributed by atoms with E-state index in [9.17, 15) is 9.59 Å². The molecular formula is C6H4N4O2. The molecule has 0 saturated heterocycles. The number of hydrogen-bond donors (Lipinski definition) is 2. The Morgan fingerprint density at radius 3 is 2.67 bits per heavy atom. The van der Waals surface area contributed by atoms with Crippen LogP contribution in [0.25, 0.3) is 10.9 Å². The summed E-state index contributed by atoms with van der Waals surface area (Å²) in [6.07, 6.45) is 2.52. The number of aromatic nitrogens is 4. The van der Waals surface area contributed by atoms with Crippen LogP contribution in [0.4, 0.5) is 0 Å². The zero-order valence-electron chi connectivity index (χ0n) is 5.87. The maximum atomic E-state index is 11.0. The third-order valence-corrected chi connectivity index (χ3v) is 1.46. The normalized spacial score (nSPS) is 10.3. The Kier molecular flexibility index (Phi) is 1.26. The van der Waals surface area contributed by atoms with Gasteiger partial charge in [0.1, 0.15) is 11.8 Å². The SMILES string of the molecule is O=c1[nH][nH]c(=O)c2ncncc12. The van der Waals surface area contributed by atoms with E-state index in [1.807, 2.05) is 0 Å². The second-order valence-electron chi connectivity index (χ2n) is 2.19. The summed E-state index contributed by atoms with van der Waals surface area (Å²) < 4.78 is 0. The van der Waals surface area contributed by atoms with Crippen LogP contribution in [0, 0.1) is 0 Å². The molecule has 0 fully saturated rings. The van der Waals surface area contributed by atoms with Gasteiger partial charge in [-0.25, -0.2) is 9.97 Å². The Bertz CT molecular complexity index is 478. The third-order valence-electron chi connectivity index (χ3n) is 1.46. The summed E-state index contributed by atoms with van der Waals surface area (Å²) in [7, 11) is 0. The summed E-state index contributed by atoms with van der Waals surface area (Å²) in [5.41, 5.74) is -0.717. The fourth-order valence-corrected chi connectivity index (χ4v) is 0.917. The van der Waals surface area contributed by atoms with E-state index in [2.05, 4.69) is 20.2 Å². The van der Waals surface area contributed by atoms with Crippen molar-refractivity contribution in [2.24, 2.45) is 0 Å². The van der Waals surface area contributed by atoms with E-state index < -0.39 is 11.1 Å². The van der Waals surface area contributed by atoms with Gasteiger partial charge >= 0.3 is 0 Å².